The molecule has 0 saturated carbocycles. The summed E-state index contributed by atoms with van der Waals surface area (Å²) in [4.78, 5) is 16.3. The van der Waals surface area contributed by atoms with Crippen LogP contribution in [0.25, 0.3) is 0 Å². The lowest BCUT2D eigenvalue weighted by atomic mass is 9.94. The molecule has 170 valence electrons. The summed E-state index contributed by atoms with van der Waals surface area (Å²) in [6, 6.07) is 13.9. The normalized spacial score (nSPS) is 19.7. The van der Waals surface area contributed by atoms with Crippen molar-refractivity contribution in [1.82, 2.24) is 9.21 Å². The monoisotopic (exact) mass is 472 g/mol. The van der Waals surface area contributed by atoms with E-state index in [4.69, 9.17) is 4.42 Å². The average Bonchev–Trinajstić information content (AvgIpc) is 3.46. The van der Waals surface area contributed by atoms with Crippen LogP contribution in [-0.4, -0.2) is 36.6 Å². The first-order valence-corrected chi connectivity index (χ1v) is 13.1. The summed E-state index contributed by atoms with van der Waals surface area (Å²) in [6.07, 6.45) is 2.63. The Morgan fingerprint density at radius 2 is 1.78 bits per heavy atom. The summed E-state index contributed by atoms with van der Waals surface area (Å²) in [5, 5.41) is 1.98. The van der Waals surface area contributed by atoms with Crippen LogP contribution in [0.15, 0.2) is 69.5 Å². The van der Waals surface area contributed by atoms with E-state index in [1.807, 2.05) is 23.6 Å². The van der Waals surface area contributed by atoms with Crippen LogP contribution >= 0.6 is 11.3 Å². The van der Waals surface area contributed by atoms with E-state index in [-0.39, 0.29) is 10.8 Å². The topological polar surface area (TPSA) is 70.8 Å². The molecule has 1 aliphatic rings. The Morgan fingerprint density at radius 1 is 1.06 bits per heavy atom. The number of furan rings is 1. The molecule has 3 aromatic rings. The Labute approximate surface area is 193 Å². The standard InChI is InChI=1S/C24H28N2O4S2/c1-18-13-19(2)15-26(14-18)32(28,29)23-9-7-20(8-10-23)24(27)25(16-21-5-3-11-30-21)17-22-6-4-12-31-22/h3-12,18-19H,13-17H2,1-2H3. The minimum absolute atomic E-state index is 0.168. The van der Waals surface area contributed by atoms with Crippen LogP contribution < -0.4 is 0 Å². The number of amides is 1. The minimum atomic E-state index is -3.58. The highest BCUT2D eigenvalue weighted by Gasteiger charge is 2.31. The van der Waals surface area contributed by atoms with Gasteiger partial charge in [0, 0.05) is 23.5 Å². The van der Waals surface area contributed by atoms with Gasteiger partial charge in [-0.15, -0.1) is 11.3 Å². The van der Waals surface area contributed by atoms with E-state index in [1.54, 1.807) is 57.1 Å². The van der Waals surface area contributed by atoms with Gasteiger partial charge < -0.3 is 9.32 Å². The van der Waals surface area contributed by atoms with Gasteiger partial charge in [-0.3, -0.25) is 4.79 Å². The van der Waals surface area contributed by atoms with Crippen molar-refractivity contribution in [3.63, 3.8) is 0 Å². The van der Waals surface area contributed by atoms with Crippen molar-refractivity contribution >= 4 is 27.3 Å². The Balaban J connectivity index is 1.54. The molecule has 0 radical (unpaired) electrons. The number of carbonyl (C=O) groups excluding carboxylic acids is 1. The van der Waals surface area contributed by atoms with Crippen LogP contribution in [0.2, 0.25) is 0 Å². The lowest BCUT2D eigenvalue weighted by Gasteiger charge is -2.34. The zero-order valence-electron chi connectivity index (χ0n) is 18.3. The fourth-order valence-corrected chi connectivity index (χ4v) is 6.68. The molecule has 2 unspecified atom stereocenters. The Kier molecular flexibility index (Phi) is 6.83. The van der Waals surface area contributed by atoms with E-state index < -0.39 is 10.0 Å². The molecule has 6 nitrogen and oxygen atoms in total. The highest BCUT2D eigenvalue weighted by Crippen LogP contribution is 2.27. The molecule has 4 rings (SSSR count). The minimum Gasteiger partial charge on any atom is -0.467 e. The smallest absolute Gasteiger partial charge is 0.254 e. The van der Waals surface area contributed by atoms with Gasteiger partial charge in [-0.1, -0.05) is 19.9 Å². The first kappa shape index (κ1) is 22.8. The number of nitrogens with zero attached hydrogens (tertiary/aromatic N) is 2. The SMILES string of the molecule is CC1CC(C)CN(S(=O)(=O)c2ccc(C(=O)N(Cc3ccco3)Cc3cccs3)cc2)C1. The maximum absolute atomic E-state index is 13.3. The number of thiophene rings is 1. The highest BCUT2D eigenvalue weighted by atomic mass is 32.2. The number of rotatable bonds is 7. The van der Waals surface area contributed by atoms with Crippen LogP contribution in [0, 0.1) is 11.8 Å². The molecule has 8 heteroatoms. The van der Waals surface area contributed by atoms with E-state index in [2.05, 4.69) is 13.8 Å². The third-order valence-corrected chi connectivity index (χ3v) is 8.42. The van der Waals surface area contributed by atoms with E-state index in [1.165, 1.54) is 0 Å². The molecule has 0 aliphatic carbocycles. The second-order valence-electron chi connectivity index (χ2n) is 8.61. The summed E-state index contributed by atoms with van der Waals surface area (Å²) < 4.78 is 33.3. The van der Waals surface area contributed by atoms with Crippen molar-refractivity contribution in [1.29, 1.82) is 0 Å². The summed E-state index contributed by atoms with van der Waals surface area (Å²) in [5.41, 5.74) is 0.451. The number of benzene rings is 1. The maximum Gasteiger partial charge on any atom is 0.254 e. The number of hydrogen-bond acceptors (Lipinski definition) is 5. The molecule has 32 heavy (non-hydrogen) atoms. The summed E-state index contributed by atoms with van der Waals surface area (Å²) in [6.45, 7) is 6.03. The first-order valence-electron chi connectivity index (χ1n) is 10.8. The Hall–Kier alpha value is -2.42. The molecule has 1 amide bonds. The molecule has 0 spiro atoms. The predicted octanol–water partition coefficient (Wildman–Crippen LogP) is 4.85. The van der Waals surface area contributed by atoms with Crippen molar-refractivity contribution < 1.29 is 17.6 Å². The second kappa shape index (κ2) is 9.60. The van der Waals surface area contributed by atoms with Crippen molar-refractivity contribution in [3.05, 3.63) is 76.4 Å². The van der Waals surface area contributed by atoms with E-state index in [9.17, 15) is 13.2 Å². The van der Waals surface area contributed by atoms with Gasteiger partial charge in [0.2, 0.25) is 10.0 Å². The van der Waals surface area contributed by atoms with Crippen molar-refractivity contribution in [2.24, 2.45) is 11.8 Å². The lowest BCUT2D eigenvalue weighted by molar-refractivity contribution is 0.0719. The van der Waals surface area contributed by atoms with Gasteiger partial charge in [0.25, 0.3) is 5.91 Å². The van der Waals surface area contributed by atoms with Crippen LogP contribution in [0.1, 0.15) is 41.3 Å². The Bertz CT molecular complexity index is 1080. The van der Waals surface area contributed by atoms with E-state index in [0.29, 0.717) is 49.3 Å². The Morgan fingerprint density at radius 3 is 2.38 bits per heavy atom. The average molecular weight is 473 g/mol. The highest BCUT2D eigenvalue weighted by molar-refractivity contribution is 7.89. The number of carbonyl (C=O) groups is 1. The van der Waals surface area contributed by atoms with E-state index >= 15 is 0 Å². The van der Waals surface area contributed by atoms with Crippen LogP contribution in [-0.2, 0) is 23.1 Å². The molecule has 2 atom stereocenters. The summed E-state index contributed by atoms with van der Waals surface area (Å²) in [7, 11) is -3.58. The number of hydrogen-bond donors (Lipinski definition) is 0. The van der Waals surface area contributed by atoms with Crippen molar-refractivity contribution in [3.8, 4) is 0 Å². The molecule has 0 N–H and O–H groups in total. The fraction of sp³-hybridized carbons (Fsp3) is 0.375. The summed E-state index contributed by atoms with van der Waals surface area (Å²) >= 11 is 1.59. The molecule has 2 aromatic heterocycles. The van der Waals surface area contributed by atoms with E-state index in [0.717, 1.165) is 11.3 Å². The maximum atomic E-state index is 13.3. The van der Waals surface area contributed by atoms with Crippen LogP contribution in [0.5, 0.6) is 0 Å². The van der Waals surface area contributed by atoms with Gasteiger partial charge in [0.15, 0.2) is 0 Å². The number of piperidine rings is 1. The van der Waals surface area contributed by atoms with Crippen LogP contribution in [0.3, 0.4) is 0 Å². The predicted molar refractivity (Wildman–Crippen MR) is 125 cm³/mol. The van der Waals surface area contributed by atoms with Gasteiger partial charge in [-0.2, -0.15) is 4.31 Å². The fourth-order valence-electron chi connectivity index (χ4n) is 4.28. The van der Waals surface area contributed by atoms with Crippen LogP contribution in [0.4, 0.5) is 0 Å². The molecule has 1 saturated heterocycles. The molecule has 1 fully saturated rings. The second-order valence-corrected chi connectivity index (χ2v) is 11.6. The third kappa shape index (κ3) is 5.14. The first-order chi connectivity index (χ1) is 15.3. The summed E-state index contributed by atoms with van der Waals surface area (Å²) in [5.74, 6) is 1.20. The quantitative estimate of drug-likeness (QED) is 0.493. The molecule has 0 bridgehead atoms. The van der Waals surface area contributed by atoms with Gasteiger partial charge >= 0.3 is 0 Å². The zero-order valence-corrected chi connectivity index (χ0v) is 19.9. The van der Waals surface area contributed by atoms with Gasteiger partial charge in [-0.25, -0.2) is 8.42 Å². The lowest BCUT2D eigenvalue weighted by Crippen LogP contribution is -2.42. The van der Waals surface area contributed by atoms with Crippen molar-refractivity contribution in [2.45, 2.75) is 38.3 Å². The zero-order chi connectivity index (χ0) is 22.7. The third-order valence-electron chi connectivity index (χ3n) is 5.72. The molecular formula is C24H28N2O4S2. The van der Waals surface area contributed by atoms with Crippen molar-refractivity contribution in [2.75, 3.05) is 13.1 Å². The van der Waals surface area contributed by atoms with Gasteiger partial charge in [-0.05, 0) is 66.1 Å². The largest absolute Gasteiger partial charge is 0.467 e. The molecule has 1 aliphatic heterocycles. The molecule has 1 aromatic carbocycles. The number of sulfonamides is 1. The molecular weight excluding hydrogens is 444 g/mol. The van der Waals surface area contributed by atoms with Gasteiger partial charge in [0.1, 0.15) is 5.76 Å². The molecule has 3 heterocycles. The van der Waals surface area contributed by atoms with Gasteiger partial charge in [0.05, 0.1) is 24.2 Å².